The van der Waals surface area contributed by atoms with Crippen LogP contribution in [0, 0.1) is 5.82 Å². The van der Waals surface area contributed by atoms with Gasteiger partial charge in [-0.1, -0.05) is 42.5 Å². The largest absolute Gasteiger partial charge is 0.340 e. The summed E-state index contributed by atoms with van der Waals surface area (Å²) in [6.45, 7) is 3.41. The van der Waals surface area contributed by atoms with Crippen LogP contribution in [-0.4, -0.2) is 56.9 Å². The van der Waals surface area contributed by atoms with Crippen molar-refractivity contribution >= 4 is 17.7 Å². The van der Waals surface area contributed by atoms with Crippen molar-refractivity contribution < 1.29 is 18.8 Å². The quantitative estimate of drug-likeness (QED) is 0.567. The highest BCUT2D eigenvalue weighted by atomic mass is 19.1. The summed E-state index contributed by atoms with van der Waals surface area (Å²) >= 11 is 0. The Hall–Kier alpha value is -4.01. The third-order valence-electron chi connectivity index (χ3n) is 5.96. The highest BCUT2D eigenvalue weighted by Crippen LogP contribution is 2.17. The SMILES string of the molecule is C[C@H](NC(=O)c1cc2n(n1)CCCN(Cc1ccc(F)cc1)C2=O)C(=O)N(C)Cc1ccccc1. The molecule has 0 saturated carbocycles. The van der Waals surface area contributed by atoms with E-state index in [0.29, 0.717) is 38.3 Å². The van der Waals surface area contributed by atoms with E-state index in [1.807, 2.05) is 30.3 Å². The van der Waals surface area contributed by atoms with E-state index >= 15 is 0 Å². The molecule has 2 aromatic carbocycles. The van der Waals surface area contributed by atoms with Crippen molar-refractivity contribution in [2.24, 2.45) is 0 Å². The molecule has 1 aliphatic heterocycles. The second kappa shape index (κ2) is 10.5. The molecule has 0 radical (unpaired) electrons. The van der Waals surface area contributed by atoms with Crippen LogP contribution in [0.1, 0.15) is 45.4 Å². The summed E-state index contributed by atoms with van der Waals surface area (Å²) in [4.78, 5) is 41.9. The third-order valence-corrected chi connectivity index (χ3v) is 5.96. The molecule has 0 saturated heterocycles. The summed E-state index contributed by atoms with van der Waals surface area (Å²) in [6, 6.07) is 16.3. The zero-order chi connectivity index (χ0) is 24.9. The molecule has 0 unspecified atom stereocenters. The lowest BCUT2D eigenvalue weighted by Crippen LogP contribution is -2.45. The molecule has 8 nitrogen and oxygen atoms in total. The van der Waals surface area contributed by atoms with E-state index in [9.17, 15) is 18.8 Å². The molecule has 0 bridgehead atoms. The summed E-state index contributed by atoms with van der Waals surface area (Å²) in [6.07, 6.45) is 0.668. The van der Waals surface area contributed by atoms with Crippen molar-refractivity contribution in [1.29, 1.82) is 0 Å². The fraction of sp³-hybridized carbons (Fsp3) is 0.308. The Morgan fingerprint density at radius 1 is 1.09 bits per heavy atom. The van der Waals surface area contributed by atoms with Gasteiger partial charge in [-0.15, -0.1) is 0 Å². The molecule has 3 aromatic rings. The van der Waals surface area contributed by atoms with Gasteiger partial charge in [0.2, 0.25) is 5.91 Å². The minimum Gasteiger partial charge on any atom is -0.340 e. The van der Waals surface area contributed by atoms with Crippen LogP contribution in [0.15, 0.2) is 60.7 Å². The van der Waals surface area contributed by atoms with Crippen LogP contribution in [0.4, 0.5) is 4.39 Å². The smallest absolute Gasteiger partial charge is 0.272 e. The Morgan fingerprint density at radius 3 is 2.51 bits per heavy atom. The summed E-state index contributed by atoms with van der Waals surface area (Å²) in [7, 11) is 1.69. The molecule has 1 aromatic heterocycles. The first-order valence-corrected chi connectivity index (χ1v) is 11.5. The van der Waals surface area contributed by atoms with Crippen molar-refractivity contribution in [2.75, 3.05) is 13.6 Å². The number of rotatable bonds is 7. The van der Waals surface area contributed by atoms with Gasteiger partial charge in [0, 0.05) is 39.3 Å². The first kappa shape index (κ1) is 24.1. The first-order valence-electron chi connectivity index (χ1n) is 11.5. The molecule has 1 N–H and O–H groups in total. The summed E-state index contributed by atoms with van der Waals surface area (Å²) in [5.41, 5.74) is 2.21. The number of halogens is 1. The van der Waals surface area contributed by atoms with Crippen LogP contribution < -0.4 is 5.32 Å². The van der Waals surface area contributed by atoms with Gasteiger partial charge >= 0.3 is 0 Å². The number of hydrogen-bond donors (Lipinski definition) is 1. The second-order valence-electron chi connectivity index (χ2n) is 8.72. The van der Waals surface area contributed by atoms with Crippen molar-refractivity contribution in [3.8, 4) is 0 Å². The molecule has 4 rings (SSSR count). The molecule has 3 amide bonds. The van der Waals surface area contributed by atoms with E-state index in [-0.39, 0.29) is 23.3 Å². The second-order valence-corrected chi connectivity index (χ2v) is 8.72. The van der Waals surface area contributed by atoms with E-state index < -0.39 is 11.9 Å². The zero-order valence-corrected chi connectivity index (χ0v) is 19.8. The maximum Gasteiger partial charge on any atom is 0.272 e. The Labute approximate surface area is 203 Å². The van der Waals surface area contributed by atoms with Crippen LogP contribution in [0.25, 0.3) is 0 Å². The number of likely N-dealkylation sites (N-methyl/N-ethyl adjacent to an activating group) is 1. The third kappa shape index (κ3) is 5.74. The van der Waals surface area contributed by atoms with E-state index in [1.165, 1.54) is 22.9 Å². The lowest BCUT2D eigenvalue weighted by molar-refractivity contribution is -0.132. The normalized spacial score (nSPS) is 14.1. The van der Waals surface area contributed by atoms with E-state index in [4.69, 9.17) is 0 Å². The molecular formula is C26H28FN5O3. The fourth-order valence-electron chi connectivity index (χ4n) is 4.10. The Morgan fingerprint density at radius 2 is 1.80 bits per heavy atom. The number of benzene rings is 2. The number of fused-ring (bicyclic) bond motifs is 1. The number of amides is 3. The van der Waals surface area contributed by atoms with Crippen LogP contribution in [0.3, 0.4) is 0 Å². The Kier molecular flexibility index (Phi) is 7.24. The van der Waals surface area contributed by atoms with Gasteiger partial charge in [0.1, 0.15) is 17.6 Å². The van der Waals surface area contributed by atoms with Gasteiger partial charge in [-0.2, -0.15) is 5.10 Å². The predicted octanol–water partition coefficient (Wildman–Crippen LogP) is 2.85. The molecule has 0 aliphatic carbocycles. The Bertz CT molecular complexity index is 1210. The Balaban J connectivity index is 1.41. The minimum absolute atomic E-state index is 0.0855. The van der Waals surface area contributed by atoms with Gasteiger partial charge in [0.25, 0.3) is 11.8 Å². The van der Waals surface area contributed by atoms with Gasteiger partial charge in [-0.05, 0) is 36.6 Å². The molecule has 182 valence electrons. The highest BCUT2D eigenvalue weighted by molar-refractivity contribution is 5.99. The lowest BCUT2D eigenvalue weighted by Gasteiger charge is -2.22. The maximum atomic E-state index is 13.2. The molecule has 2 heterocycles. The molecule has 0 spiro atoms. The molecule has 1 aliphatic rings. The minimum atomic E-state index is -0.761. The molecule has 35 heavy (non-hydrogen) atoms. The number of carbonyl (C=O) groups is 3. The van der Waals surface area contributed by atoms with Crippen molar-refractivity contribution in [3.05, 3.63) is 89.0 Å². The molecular weight excluding hydrogens is 449 g/mol. The molecule has 9 heteroatoms. The van der Waals surface area contributed by atoms with Crippen LogP contribution in [0.2, 0.25) is 0 Å². The number of nitrogens with one attached hydrogen (secondary N) is 1. The average molecular weight is 478 g/mol. The van der Waals surface area contributed by atoms with Crippen LogP contribution in [-0.2, 0) is 24.4 Å². The van der Waals surface area contributed by atoms with Gasteiger partial charge in [-0.3, -0.25) is 19.1 Å². The summed E-state index contributed by atoms with van der Waals surface area (Å²) in [5, 5.41) is 7.01. The zero-order valence-electron chi connectivity index (χ0n) is 19.8. The van der Waals surface area contributed by atoms with Crippen molar-refractivity contribution in [3.63, 3.8) is 0 Å². The van der Waals surface area contributed by atoms with Crippen LogP contribution in [0.5, 0.6) is 0 Å². The van der Waals surface area contributed by atoms with Gasteiger partial charge in [-0.25, -0.2) is 4.39 Å². The predicted molar refractivity (Wildman–Crippen MR) is 128 cm³/mol. The van der Waals surface area contributed by atoms with E-state index in [0.717, 1.165) is 11.1 Å². The van der Waals surface area contributed by atoms with E-state index in [2.05, 4.69) is 10.4 Å². The lowest BCUT2D eigenvalue weighted by atomic mass is 10.2. The monoisotopic (exact) mass is 477 g/mol. The van der Waals surface area contributed by atoms with Gasteiger partial charge in [0.15, 0.2) is 5.69 Å². The van der Waals surface area contributed by atoms with Crippen molar-refractivity contribution in [2.45, 2.75) is 39.0 Å². The average Bonchev–Trinajstić information content (AvgIpc) is 3.23. The number of carbonyl (C=O) groups excluding carboxylic acids is 3. The van der Waals surface area contributed by atoms with Crippen molar-refractivity contribution in [1.82, 2.24) is 24.9 Å². The maximum absolute atomic E-state index is 13.2. The van der Waals surface area contributed by atoms with E-state index in [1.54, 1.807) is 35.9 Å². The van der Waals surface area contributed by atoms with Crippen LogP contribution >= 0.6 is 0 Å². The first-order chi connectivity index (χ1) is 16.8. The number of nitrogens with zero attached hydrogens (tertiary/aromatic N) is 4. The molecule has 1 atom stereocenters. The van der Waals surface area contributed by atoms with Gasteiger partial charge < -0.3 is 15.1 Å². The van der Waals surface area contributed by atoms with Gasteiger partial charge in [0.05, 0.1) is 0 Å². The molecule has 0 fully saturated rings. The summed E-state index contributed by atoms with van der Waals surface area (Å²) < 4.78 is 14.7. The number of aryl methyl sites for hydroxylation is 1. The number of hydrogen-bond acceptors (Lipinski definition) is 4. The standard InChI is InChI=1S/C26H28FN5O3/c1-18(25(34)30(2)16-19-7-4-3-5-8-19)28-24(33)22-15-23-26(35)31(13-6-14-32(23)29-22)17-20-9-11-21(27)12-10-20/h3-5,7-12,15,18H,6,13-14,16-17H2,1-2H3,(H,28,33)/t18-/m0/s1. The summed E-state index contributed by atoms with van der Waals surface area (Å²) in [5.74, 6) is -1.32. The highest BCUT2D eigenvalue weighted by Gasteiger charge is 2.28. The number of aromatic nitrogens is 2. The fourth-order valence-corrected chi connectivity index (χ4v) is 4.10. The topological polar surface area (TPSA) is 87.5 Å².